The van der Waals surface area contributed by atoms with Gasteiger partial charge in [-0.05, 0) is 18.9 Å². The van der Waals surface area contributed by atoms with Crippen molar-refractivity contribution in [3.8, 4) is 0 Å². The van der Waals surface area contributed by atoms with E-state index in [1.165, 1.54) is 11.0 Å². The smallest absolute Gasteiger partial charge is 0.255 e. The number of hydrogen-bond donors (Lipinski definition) is 0. The number of nitrogens with zero attached hydrogens (tertiary/aromatic N) is 2. The number of ether oxygens (including phenoxy) is 1. The minimum atomic E-state index is -0.278. The highest BCUT2D eigenvalue weighted by molar-refractivity contribution is 5.98. The van der Waals surface area contributed by atoms with Crippen LogP contribution in [0.2, 0.25) is 0 Å². The molecule has 0 aromatic carbocycles. The molecule has 0 N–H and O–H groups in total. The van der Waals surface area contributed by atoms with Crippen LogP contribution in [0.5, 0.6) is 0 Å². The van der Waals surface area contributed by atoms with Crippen LogP contribution in [0.4, 0.5) is 0 Å². The van der Waals surface area contributed by atoms with E-state index >= 15 is 0 Å². The third-order valence-electron chi connectivity index (χ3n) is 3.30. The molecular formula is C12H16N2O4. The molecule has 2 aliphatic rings. The molecule has 2 rings (SSSR count). The molecule has 0 unspecified atom stereocenters. The first kappa shape index (κ1) is 12.8. The van der Waals surface area contributed by atoms with Crippen molar-refractivity contribution in [2.45, 2.75) is 18.9 Å². The number of amides is 3. The van der Waals surface area contributed by atoms with E-state index in [1.807, 2.05) is 0 Å². The summed E-state index contributed by atoms with van der Waals surface area (Å²) in [6.07, 6.45) is 2.53. The van der Waals surface area contributed by atoms with Crippen LogP contribution in [0.25, 0.3) is 0 Å². The van der Waals surface area contributed by atoms with E-state index in [0.29, 0.717) is 25.9 Å². The Hall–Kier alpha value is -1.69. The number of morpholine rings is 1. The van der Waals surface area contributed by atoms with E-state index in [9.17, 15) is 14.4 Å². The molecule has 6 nitrogen and oxygen atoms in total. The van der Waals surface area contributed by atoms with Gasteiger partial charge in [0.05, 0.1) is 0 Å². The fraction of sp³-hybridized carbons (Fsp3) is 0.583. The molecule has 2 aliphatic heterocycles. The summed E-state index contributed by atoms with van der Waals surface area (Å²) in [5.74, 6) is -0.660. The van der Waals surface area contributed by atoms with Crippen LogP contribution in [0.1, 0.15) is 12.8 Å². The van der Waals surface area contributed by atoms with Gasteiger partial charge in [0.1, 0.15) is 13.2 Å². The molecule has 0 aromatic rings. The van der Waals surface area contributed by atoms with Gasteiger partial charge in [0, 0.05) is 19.1 Å². The van der Waals surface area contributed by atoms with Gasteiger partial charge >= 0.3 is 0 Å². The average molecular weight is 252 g/mol. The predicted octanol–water partition coefficient (Wildman–Crippen LogP) is -0.451. The summed E-state index contributed by atoms with van der Waals surface area (Å²) in [6, 6.07) is -0.109. The molecule has 0 saturated carbocycles. The highest BCUT2D eigenvalue weighted by Crippen LogP contribution is 2.19. The summed E-state index contributed by atoms with van der Waals surface area (Å²) in [5.41, 5.74) is 0. The van der Waals surface area contributed by atoms with Crippen molar-refractivity contribution in [2.75, 3.05) is 26.3 Å². The van der Waals surface area contributed by atoms with E-state index in [2.05, 4.69) is 6.58 Å². The van der Waals surface area contributed by atoms with Crippen molar-refractivity contribution >= 4 is 17.7 Å². The lowest BCUT2D eigenvalue weighted by molar-refractivity contribution is -0.162. The standard InChI is InChI=1S/C12H16N2O4/c1-2-10(15)13-5-3-9(4-6-13)14-11(16)7-18-8-12(14)17/h2,9H,1,3-8H2. The van der Waals surface area contributed by atoms with Crippen molar-refractivity contribution in [3.05, 3.63) is 12.7 Å². The van der Waals surface area contributed by atoms with E-state index < -0.39 is 0 Å². The van der Waals surface area contributed by atoms with Gasteiger partial charge in [0.2, 0.25) is 5.91 Å². The maximum atomic E-state index is 11.7. The van der Waals surface area contributed by atoms with E-state index in [1.54, 1.807) is 4.90 Å². The predicted molar refractivity (Wildman–Crippen MR) is 62.5 cm³/mol. The molecule has 6 heteroatoms. The summed E-state index contributed by atoms with van der Waals surface area (Å²) in [4.78, 5) is 37.7. The quantitative estimate of drug-likeness (QED) is 0.493. The number of carbonyl (C=O) groups is 3. The molecule has 0 bridgehead atoms. The summed E-state index contributed by atoms with van der Waals surface area (Å²) in [5, 5.41) is 0. The number of carbonyl (C=O) groups excluding carboxylic acids is 3. The highest BCUT2D eigenvalue weighted by Gasteiger charge is 2.35. The van der Waals surface area contributed by atoms with Crippen molar-refractivity contribution in [2.24, 2.45) is 0 Å². The average Bonchev–Trinajstić information content (AvgIpc) is 2.38. The van der Waals surface area contributed by atoms with Gasteiger partial charge in [-0.15, -0.1) is 0 Å². The number of likely N-dealkylation sites (tertiary alicyclic amines) is 1. The summed E-state index contributed by atoms with van der Waals surface area (Å²) < 4.78 is 4.87. The summed E-state index contributed by atoms with van der Waals surface area (Å²) in [7, 11) is 0. The van der Waals surface area contributed by atoms with Crippen LogP contribution in [0, 0.1) is 0 Å². The van der Waals surface area contributed by atoms with Crippen molar-refractivity contribution in [3.63, 3.8) is 0 Å². The second kappa shape index (κ2) is 5.30. The first-order valence-corrected chi connectivity index (χ1v) is 5.97. The molecule has 0 aromatic heterocycles. The molecule has 98 valence electrons. The highest BCUT2D eigenvalue weighted by atomic mass is 16.5. The molecule has 3 amide bonds. The van der Waals surface area contributed by atoms with Gasteiger partial charge in [-0.25, -0.2) is 0 Å². The Morgan fingerprint density at radius 1 is 1.22 bits per heavy atom. The van der Waals surface area contributed by atoms with Gasteiger partial charge in [-0.3, -0.25) is 19.3 Å². The van der Waals surface area contributed by atoms with Crippen LogP contribution in [-0.4, -0.2) is 59.9 Å². The lowest BCUT2D eigenvalue weighted by atomic mass is 10.0. The van der Waals surface area contributed by atoms with Crippen molar-refractivity contribution in [1.82, 2.24) is 9.80 Å². The third kappa shape index (κ3) is 2.43. The zero-order chi connectivity index (χ0) is 13.1. The molecular weight excluding hydrogens is 236 g/mol. The molecule has 2 heterocycles. The van der Waals surface area contributed by atoms with Gasteiger partial charge in [0.15, 0.2) is 0 Å². The fourth-order valence-electron chi connectivity index (χ4n) is 2.38. The minimum Gasteiger partial charge on any atom is -0.362 e. The van der Waals surface area contributed by atoms with Crippen LogP contribution in [-0.2, 0) is 19.1 Å². The van der Waals surface area contributed by atoms with Crippen LogP contribution < -0.4 is 0 Å². The fourth-order valence-corrected chi connectivity index (χ4v) is 2.38. The Morgan fingerprint density at radius 3 is 2.28 bits per heavy atom. The second-order valence-electron chi connectivity index (χ2n) is 4.41. The first-order valence-electron chi connectivity index (χ1n) is 5.97. The Labute approximate surface area is 105 Å². The summed E-state index contributed by atoms with van der Waals surface area (Å²) in [6.45, 7) is 4.48. The topological polar surface area (TPSA) is 66.9 Å². The molecule has 0 aliphatic carbocycles. The van der Waals surface area contributed by atoms with E-state index in [4.69, 9.17) is 4.74 Å². The van der Waals surface area contributed by atoms with Gasteiger partial charge in [0.25, 0.3) is 11.8 Å². The normalized spacial score (nSPS) is 22.2. The molecule has 18 heavy (non-hydrogen) atoms. The number of rotatable bonds is 2. The van der Waals surface area contributed by atoms with Gasteiger partial charge in [-0.2, -0.15) is 0 Å². The summed E-state index contributed by atoms with van der Waals surface area (Å²) >= 11 is 0. The van der Waals surface area contributed by atoms with Gasteiger partial charge < -0.3 is 9.64 Å². The number of hydrogen-bond acceptors (Lipinski definition) is 4. The Kier molecular flexibility index (Phi) is 3.76. The molecule has 2 saturated heterocycles. The second-order valence-corrected chi connectivity index (χ2v) is 4.41. The lowest BCUT2D eigenvalue weighted by Crippen LogP contribution is -2.55. The van der Waals surface area contributed by atoms with Gasteiger partial charge in [-0.1, -0.05) is 6.58 Å². The molecule has 2 fully saturated rings. The monoisotopic (exact) mass is 252 g/mol. The van der Waals surface area contributed by atoms with E-state index in [0.717, 1.165) is 0 Å². The zero-order valence-electron chi connectivity index (χ0n) is 10.1. The largest absolute Gasteiger partial charge is 0.362 e. The minimum absolute atomic E-state index is 0.0302. The Morgan fingerprint density at radius 2 is 1.78 bits per heavy atom. The number of piperidine rings is 1. The first-order chi connectivity index (χ1) is 8.63. The Bertz CT molecular complexity index is 370. The maximum Gasteiger partial charge on any atom is 0.255 e. The van der Waals surface area contributed by atoms with Crippen LogP contribution >= 0.6 is 0 Å². The maximum absolute atomic E-state index is 11.7. The lowest BCUT2D eigenvalue weighted by Gasteiger charge is -2.38. The SMILES string of the molecule is C=CC(=O)N1CCC(N2C(=O)COCC2=O)CC1. The number of imide groups is 1. The van der Waals surface area contributed by atoms with Crippen molar-refractivity contribution in [1.29, 1.82) is 0 Å². The van der Waals surface area contributed by atoms with E-state index in [-0.39, 0.29) is 37.0 Å². The van der Waals surface area contributed by atoms with Crippen LogP contribution in [0.3, 0.4) is 0 Å². The van der Waals surface area contributed by atoms with Crippen molar-refractivity contribution < 1.29 is 19.1 Å². The Balaban J connectivity index is 1.96. The zero-order valence-corrected chi connectivity index (χ0v) is 10.1. The third-order valence-corrected chi connectivity index (χ3v) is 3.30. The van der Waals surface area contributed by atoms with Crippen LogP contribution in [0.15, 0.2) is 12.7 Å². The molecule has 0 atom stereocenters. The molecule has 0 spiro atoms. The molecule has 0 radical (unpaired) electrons.